The molecule has 2 atom stereocenters. The average molecular weight is 263 g/mol. The first kappa shape index (κ1) is 14.4. The van der Waals surface area contributed by atoms with E-state index in [1.165, 1.54) is 12.0 Å². The third kappa shape index (κ3) is 4.51. The number of hydrogen-bond donors (Lipinski definition) is 1. The number of benzene rings is 1. The summed E-state index contributed by atoms with van der Waals surface area (Å²) in [6.07, 6.45) is 3.41. The minimum atomic E-state index is 0.354. The molecule has 1 heterocycles. The highest BCUT2D eigenvalue weighted by Crippen LogP contribution is 2.19. The van der Waals surface area contributed by atoms with Gasteiger partial charge in [0.2, 0.25) is 0 Å². The van der Waals surface area contributed by atoms with Crippen molar-refractivity contribution in [2.24, 2.45) is 0 Å². The van der Waals surface area contributed by atoms with Crippen molar-refractivity contribution in [3.8, 4) is 5.75 Å². The van der Waals surface area contributed by atoms with E-state index in [1.54, 1.807) is 0 Å². The molecule has 1 aliphatic rings. The minimum absolute atomic E-state index is 0.354. The van der Waals surface area contributed by atoms with E-state index in [2.05, 4.69) is 43.4 Å². The van der Waals surface area contributed by atoms with Gasteiger partial charge in [0.1, 0.15) is 5.75 Å². The van der Waals surface area contributed by atoms with E-state index < -0.39 is 0 Å². The molecule has 0 radical (unpaired) electrons. The minimum Gasteiger partial charge on any atom is -0.494 e. The standard InChI is InChI=1S/C16H25NO2/c1-3-10-19-16-8-6-14(7-9-16)13(2)17-15-5-4-11-18-12-15/h6-9,13,15,17H,3-5,10-12H2,1-2H3. The fraction of sp³-hybridized carbons (Fsp3) is 0.625. The molecular weight excluding hydrogens is 238 g/mol. The van der Waals surface area contributed by atoms with E-state index >= 15 is 0 Å². The van der Waals surface area contributed by atoms with Crippen molar-refractivity contribution >= 4 is 0 Å². The Labute approximate surface area is 116 Å². The van der Waals surface area contributed by atoms with Crippen molar-refractivity contribution < 1.29 is 9.47 Å². The lowest BCUT2D eigenvalue weighted by Gasteiger charge is -2.27. The summed E-state index contributed by atoms with van der Waals surface area (Å²) < 4.78 is 11.1. The monoisotopic (exact) mass is 263 g/mol. The maximum absolute atomic E-state index is 5.60. The second kappa shape index (κ2) is 7.51. The van der Waals surface area contributed by atoms with Crippen molar-refractivity contribution in [1.82, 2.24) is 5.32 Å². The lowest BCUT2D eigenvalue weighted by atomic mass is 10.0. The molecule has 0 saturated carbocycles. The van der Waals surface area contributed by atoms with Gasteiger partial charge in [0.15, 0.2) is 0 Å². The van der Waals surface area contributed by atoms with E-state index in [0.29, 0.717) is 12.1 Å². The first-order valence-corrected chi connectivity index (χ1v) is 7.36. The third-order valence-corrected chi connectivity index (χ3v) is 3.50. The van der Waals surface area contributed by atoms with Crippen molar-refractivity contribution in [1.29, 1.82) is 0 Å². The summed E-state index contributed by atoms with van der Waals surface area (Å²) in [5.41, 5.74) is 1.30. The second-order valence-corrected chi connectivity index (χ2v) is 5.22. The number of rotatable bonds is 6. The summed E-state index contributed by atoms with van der Waals surface area (Å²) in [6.45, 7) is 6.85. The van der Waals surface area contributed by atoms with Crippen LogP contribution in [0.3, 0.4) is 0 Å². The van der Waals surface area contributed by atoms with Gasteiger partial charge in [-0.3, -0.25) is 0 Å². The van der Waals surface area contributed by atoms with E-state index in [4.69, 9.17) is 9.47 Å². The van der Waals surface area contributed by atoms with Crippen LogP contribution < -0.4 is 10.1 Å². The average Bonchev–Trinajstić information content (AvgIpc) is 2.46. The Morgan fingerprint density at radius 2 is 2.16 bits per heavy atom. The largest absolute Gasteiger partial charge is 0.494 e. The molecule has 1 aromatic rings. The van der Waals surface area contributed by atoms with Crippen molar-refractivity contribution in [3.05, 3.63) is 29.8 Å². The summed E-state index contributed by atoms with van der Waals surface area (Å²) in [4.78, 5) is 0. The van der Waals surface area contributed by atoms with Gasteiger partial charge in [-0.25, -0.2) is 0 Å². The van der Waals surface area contributed by atoms with Gasteiger partial charge in [0, 0.05) is 18.7 Å². The molecule has 1 fully saturated rings. The van der Waals surface area contributed by atoms with E-state index in [9.17, 15) is 0 Å². The smallest absolute Gasteiger partial charge is 0.119 e. The molecule has 2 rings (SSSR count). The van der Waals surface area contributed by atoms with Crippen molar-refractivity contribution in [3.63, 3.8) is 0 Å². The zero-order valence-electron chi connectivity index (χ0n) is 12.0. The maximum Gasteiger partial charge on any atom is 0.119 e. The quantitative estimate of drug-likeness (QED) is 0.854. The molecule has 0 bridgehead atoms. The normalized spacial score (nSPS) is 21.1. The zero-order valence-corrected chi connectivity index (χ0v) is 12.0. The molecule has 0 spiro atoms. The molecule has 2 unspecified atom stereocenters. The predicted octanol–water partition coefficient (Wildman–Crippen LogP) is 3.31. The SMILES string of the molecule is CCCOc1ccc(C(C)NC2CCCOC2)cc1. The van der Waals surface area contributed by atoms with Crippen LogP contribution in [0.5, 0.6) is 5.75 Å². The predicted molar refractivity (Wildman–Crippen MR) is 77.6 cm³/mol. The Balaban J connectivity index is 1.85. The van der Waals surface area contributed by atoms with Gasteiger partial charge in [0.25, 0.3) is 0 Å². The van der Waals surface area contributed by atoms with Crippen LogP contribution in [0, 0.1) is 0 Å². The molecule has 106 valence electrons. The van der Waals surface area contributed by atoms with Crippen LogP contribution >= 0.6 is 0 Å². The fourth-order valence-corrected chi connectivity index (χ4v) is 2.39. The van der Waals surface area contributed by atoms with Crippen molar-refractivity contribution in [2.45, 2.75) is 45.2 Å². The summed E-state index contributed by atoms with van der Waals surface area (Å²) in [7, 11) is 0. The van der Waals surface area contributed by atoms with Crippen LogP contribution in [0.15, 0.2) is 24.3 Å². The highest BCUT2D eigenvalue weighted by atomic mass is 16.5. The van der Waals surface area contributed by atoms with Gasteiger partial charge in [-0.15, -0.1) is 0 Å². The maximum atomic E-state index is 5.60. The van der Waals surface area contributed by atoms with Gasteiger partial charge in [-0.05, 0) is 43.9 Å². The molecule has 1 aromatic carbocycles. The highest BCUT2D eigenvalue weighted by Gasteiger charge is 2.16. The first-order valence-electron chi connectivity index (χ1n) is 7.36. The Kier molecular flexibility index (Phi) is 5.67. The molecule has 1 saturated heterocycles. The van der Waals surface area contributed by atoms with E-state index in [1.807, 2.05) is 0 Å². The molecule has 0 aliphatic carbocycles. The number of ether oxygens (including phenoxy) is 2. The molecule has 3 heteroatoms. The second-order valence-electron chi connectivity index (χ2n) is 5.22. The number of nitrogens with one attached hydrogen (secondary N) is 1. The van der Waals surface area contributed by atoms with Crippen LogP contribution in [-0.2, 0) is 4.74 Å². The van der Waals surface area contributed by atoms with Crippen molar-refractivity contribution in [2.75, 3.05) is 19.8 Å². The Bertz CT molecular complexity index is 358. The van der Waals surface area contributed by atoms with Crippen LogP contribution in [0.1, 0.15) is 44.7 Å². The summed E-state index contributed by atoms with van der Waals surface area (Å²) in [5, 5.41) is 3.63. The van der Waals surface area contributed by atoms with Crippen LogP contribution in [0.25, 0.3) is 0 Å². The van der Waals surface area contributed by atoms with Crippen LogP contribution in [0.2, 0.25) is 0 Å². The van der Waals surface area contributed by atoms with E-state index in [0.717, 1.165) is 38.4 Å². The van der Waals surface area contributed by atoms with Crippen LogP contribution in [0.4, 0.5) is 0 Å². The summed E-state index contributed by atoms with van der Waals surface area (Å²) in [5.74, 6) is 0.957. The Morgan fingerprint density at radius 1 is 1.37 bits per heavy atom. The lowest BCUT2D eigenvalue weighted by molar-refractivity contribution is 0.0671. The van der Waals surface area contributed by atoms with Gasteiger partial charge >= 0.3 is 0 Å². The molecule has 1 N–H and O–H groups in total. The van der Waals surface area contributed by atoms with Crippen LogP contribution in [-0.4, -0.2) is 25.9 Å². The topological polar surface area (TPSA) is 30.5 Å². The highest BCUT2D eigenvalue weighted by molar-refractivity contribution is 5.29. The summed E-state index contributed by atoms with van der Waals surface area (Å²) in [6, 6.07) is 9.24. The molecule has 0 amide bonds. The Morgan fingerprint density at radius 3 is 2.79 bits per heavy atom. The van der Waals surface area contributed by atoms with E-state index in [-0.39, 0.29) is 0 Å². The third-order valence-electron chi connectivity index (χ3n) is 3.50. The molecular formula is C16H25NO2. The fourth-order valence-electron chi connectivity index (χ4n) is 2.39. The van der Waals surface area contributed by atoms with Gasteiger partial charge < -0.3 is 14.8 Å². The molecule has 19 heavy (non-hydrogen) atoms. The number of hydrogen-bond acceptors (Lipinski definition) is 3. The molecule has 1 aliphatic heterocycles. The lowest BCUT2D eigenvalue weighted by Crippen LogP contribution is -2.38. The Hall–Kier alpha value is -1.06. The molecule has 0 aromatic heterocycles. The first-order chi connectivity index (χ1) is 9.29. The van der Waals surface area contributed by atoms with Gasteiger partial charge in [-0.2, -0.15) is 0 Å². The van der Waals surface area contributed by atoms with Gasteiger partial charge in [-0.1, -0.05) is 19.1 Å². The zero-order chi connectivity index (χ0) is 13.5. The van der Waals surface area contributed by atoms with Gasteiger partial charge in [0.05, 0.1) is 13.2 Å². The molecule has 3 nitrogen and oxygen atoms in total. The summed E-state index contributed by atoms with van der Waals surface area (Å²) >= 11 is 0.